The van der Waals surface area contributed by atoms with Crippen molar-refractivity contribution in [3.63, 3.8) is 0 Å². The van der Waals surface area contributed by atoms with Gasteiger partial charge in [-0.2, -0.15) is 13.9 Å². The van der Waals surface area contributed by atoms with Gasteiger partial charge in [0.05, 0.1) is 31.6 Å². The summed E-state index contributed by atoms with van der Waals surface area (Å²) in [7, 11) is 1.84. The highest BCUT2D eigenvalue weighted by atomic mass is 19.3. The largest absolute Gasteiger partial charge is 0.345 e. The zero-order valence-electron chi connectivity index (χ0n) is 11.4. The number of ether oxygens (including phenoxy) is 1. The predicted octanol–water partition coefficient (Wildman–Crippen LogP) is 1.60. The first-order valence-electron chi connectivity index (χ1n) is 6.79. The van der Waals surface area contributed by atoms with Gasteiger partial charge in [-0.1, -0.05) is 0 Å². The first-order chi connectivity index (χ1) is 9.66. The van der Waals surface area contributed by atoms with Crippen LogP contribution < -0.4 is 5.32 Å². The lowest BCUT2D eigenvalue weighted by Crippen LogP contribution is -2.31. The van der Waals surface area contributed by atoms with E-state index in [9.17, 15) is 8.78 Å². The van der Waals surface area contributed by atoms with E-state index in [0.29, 0.717) is 0 Å². The summed E-state index contributed by atoms with van der Waals surface area (Å²) in [6.45, 7) is -1.15. The molecular formula is C13H18F2N4O. The van der Waals surface area contributed by atoms with Gasteiger partial charge in [0.2, 0.25) is 0 Å². The van der Waals surface area contributed by atoms with E-state index in [1.165, 1.54) is 0 Å². The summed E-state index contributed by atoms with van der Waals surface area (Å²) < 4.78 is 31.1. The summed E-state index contributed by atoms with van der Waals surface area (Å²) in [6.07, 6.45) is 5.40. The number of nitrogens with one attached hydrogen (secondary N) is 1. The number of aromatic nitrogens is 2. The van der Waals surface area contributed by atoms with Crippen LogP contribution in [0.15, 0.2) is 11.2 Å². The summed E-state index contributed by atoms with van der Waals surface area (Å²) in [4.78, 5) is 4.28. The molecule has 2 aliphatic rings. The number of halogens is 2. The Morgan fingerprint density at radius 2 is 2.30 bits per heavy atom. The van der Waals surface area contributed by atoms with Crippen molar-refractivity contribution >= 4 is 6.21 Å². The minimum atomic E-state index is -2.72. The van der Waals surface area contributed by atoms with E-state index in [0.717, 1.165) is 37.2 Å². The molecule has 0 aromatic carbocycles. The zero-order valence-corrected chi connectivity index (χ0v) is 11.4. The molecule has 1 saturated carbocycles. The molecule has 1 aliphatic carbocycles. The first-order valence-corrected chi connectivity index (χ1v) is 6.79. The van der Waals surface area contributed by atoms with E-state index in [2.05, 4.69) is 20.1 Å². The Kier molecular flexibility index (Phi) is 3.55. The second-order valence-corrected chi connectivity index (χ2v) is 5.40. The normalized spacial score (nSPS) is 21.0. The molecule has 1 aromatic heterocycles. The van der Waals surface area contributed by atoms with Crippen molar-refractivity contribution in [2.75, 3.05) is 20.2 Å². The van der Waals surface area contributed by atoms with Crippen LogP contribution in [0.3, 0.4) is 0 Å². The van der Waals surface area contributed by atoms with Crippen LogP contribution in [-0.4, -0.2) is 42.8 Å². The highest BCUT2D eigenvalue weighted by Crippen LogP contribution is 2.55. The minimum absolute atomic E-state index is 0.0328. The number of alkyl halides is 2. The summed E-state index contributed by atoms with van der Waals surface area (Å²) in [5, 5.41) is 7.60. The Morgan fingerprint density at radius 3 is 2.95 bits per heavy atom. The number of fused-ring (bicyclic) bond motifs is 1. The van der Waals surface area contributed by atoms with E-state index < -0.39 is 6.61 Å². The fraction of sp³-hybridized carbons (Fsp3) is 0.692. The van der Waals surface area contributed by atoms with Gasteiger partial charge < -0.3 is 10.1 Å². The molecule has 20 heavy (non-hydrogen) atoms. The molecular weight excluding hydrogens is 266 g/mol. The van der Waals surface area contributed by atoms with Gasteiger partial charge in [-0.3, -0.25) is 9.67 Å². The molecule has 7 heteroatoms. The van der Waals surface area contributed by atoms with E-state index in [1.807, 2.05) is 24.1 Å². The maximum Gasteiger partial charge on any atom is 0.345 e. The Hall–Kier alpha value is -1.34. The second kappa shape index (κ2) is 5.21. The number of hydrogen-bond donors (Lipinski definition) is 1. The van der Waals surface area contributed by atoms with Crippen molar-refractivity contribution in [3.8, 4) is 0 Å². The molecule has 1 aromatic rings. The summed E-state index contributed by atoms with van der Waals surface area (Å²) in [5.41, 5.74) is 1.74. The van der Waals surface area contributed by atoms with Crippen LogP contribution in [0.25, 0.3) is 0 Å². The van der Waals surface area contributed by atoms with Crippen molar-refractivity contribution in [2.45, 2.75) is 32.0 Å². The van der Waals surface area contributed by atoms with Crippen LogP contribution in [0.1, 0.15) is 30.1 Å². The number of nitrogens with zero attached hydrogens (tertiary/aromatic N) is 3. The second-order valence-electron chi connectivity index (χ2n) is 5.40. The fourth-order valence-electron chi connectivity index (χ4n) is 2.95. The molecule has 0 amide bonds. The standard InChI is InChI=1S/C13H18F2N4O/c1-16-11(13(2-3-13)8-20-12(14)15)9-6-18-19-5-4-17-7-10(9)19/h6-7,11-12,16H,2-5,8H2,1H3. The lowest BCUT2D eigenvalue weighted by Gasteiger charge is -2.26. The smallest absolute Gasteiger partial charge is 0.322 e. The lowest BCUT2D eigenvalue weighted by atomic mass is 9.91. The molecule has 0 saturated heterocycles. The van der Waals surface area contributed by atoms with Gasteiger partial charge in [0.15, 0.2) is 0 Å². The monoisotopic (exact) mass is 284 g/mol. The van der Waals surface area contributed by atoms with Crippen molar-refractivity contribution in [2.24, 2.45) is 10.4 Å². The van der Waals surface area contributed by atoms with Crippen LogP contribution in [0.4, 0.5) is 8.78 Å². The molecule has 2 heterocycles. The summed E-state index contributed by atoms with van der Waals surface area (Å²) in [6, 6.07) is -0.0328. The molecule has 5 nitrogen and oxygen atoms in total. The van der Waals surface area contributed by atoms with Crippen LogP contribution in [0, 0.1) is 5.41 Å². The predicted molar refractivity (Wildman–Crippen MR) is 70.1 cm³/mol. The summed E-state index contributed by atoms with van der Waals surface area (Å²) >= 11 is 0. The van der Waals surface area contributed by atoms with Gasteiger partial charge in [-0.15, -0.1) is 0 Å². The molecule has 110 valence electrons. The van der Waals surface area contributed by atoms with E-state index >= 15 is 0 Å². The Labute approximate surface area is 116 Å². The molecule has 0 radical (unpaired) electrons. The van der Waals surface area contributed by atoms with E-state index in [-0.39, 0.29) is 18.1 Å². The van der Waals surface area contributed by atoms with Crippen LogP contribution in [-0.2, 0) is 11.3 Å². The highest BCUT2D eigenvalue weighted by Gasteiger charge is 2.51. The fourth-order valence-corrected chi connectivity index (χ4v) is 2.95. The molecule has 1 fully saturated rings. The molecule has 1 unspecified atom stereocenters. The van der Waals surface area contributed by atoms with Gasteiger partial charge in [0.1, 0.15) is 0 Å². The molecule has 3 rings (SSSR count). The Balaban J connectivity index is 1.84. The van der Waals surface area contributed by atoms with Gasteiger partial charge >= 0.3 is 6.61 Å². The molecule has 1 atom stereocenters. The highest BCUT2D eigenvalue weighted by molar-refractivity contribution is 5.80. The number of aliphatic imine (C=N–C) groups is 1. The van der Waals surface area contributed by atoms with Gasteiger partial charge in [0.25, 0.3) is 0 Å². The Morgan fingerprint density at radius 1 is 1.50 bits per heavy atom. The van der Waals surface area contributed by atoms with Gasteiger partial charge in [0, 0.05) is 23.2 Å². The van der Waals surface area contributed by atoms with Crippen molar-refractivity contribution in [3.05, 3.63) is 17.5 Å². The number of rotatable bonds is 6. The third-order valence-corrected chi connectivity index (χ3v) is 4.17. The number of hydrogen-bond acceptors (Lipinski definition) is 4. The van der Waals surface area contributed by atoms with E-state index in [4.69, 9.17) is 0 Å². The molecule has 0 spiro atoms. The van der Waals surface area contributed by atoms with Crippen LogP contribution in [0.2, 0.25) is 0 Å². The van der Waals surface area contributed by atoms with Gasteiger partial charge in [-0.05, 0) is 19.9 Å². The van der Waals surface area contributed by atoms with Crippen LogP contribution >= 0.6 is 0 Å². The molecule has 1 N–H and O–H groups in total. The van der Waals surface area contributed by atoms with Crippen LogP contribution in [0.5, 0.6) is 0 Å². The average Bonchev–Trinajstić information content (AvgIpc) is 3.11. The van der Waals surface area contributed by atoms with Crippen molar-refractivity contribution in [1.82, 2.24) is 15.1 Å². The molecule has 1 aliphatic heterocycles. The van der Waals surface area contributed by atoms with E-state index in [1.54, 1.807) is 0 Å². The third kappa shape index (κ3) is 2.35. The Bertz CT molecular complexity index is 510. The summed E-state index contributed by atoms with van der Waals surface area (Å²) in [5.74, 6) is 0. The SMILES string of the molecule is CNC(c1cnn2c1C=NCC2)C1(COC(F)F)CC1. The van der Waals surface area contributed by atoms with Crippen molar-refractivity contribution < 1.29 is 13.5 Å². The van der Waals surface area contributed by atoms with Crippen molar-refractivity contribution in [1.29, 1.82) is 0 Å². The topological polar surface area (TPSA) is 51.4 Å². The lowest BCUT2D eigenvalue weighted by molar-refractivity contribution is -0.143. The maximum absolute atomic E-state index is 12.3. The minimum Gasteiger partial charge on any atom is -0.322 e. The average molecular weight is 284 g/mol. The molecule has 0 bridgehead atoms. The first kappa shape index (κ1) is 13.6. The maximum atomic E-state index is 12.3. The zero-order chi connectivity index (χ0) is 14.2. The quantitative estimate of drug-likeness (QED) is 0.863. The van der Waals surface area contributed by atoms with Gasteiger partial charge in [-0.25, -0.2) is 0 Å². The third-order valence-electron chi connectivity index (χ3n) is 4.17.